The molecule has 7 heteroatoms. The Morgan fingerprint density at radius 3 is 2.65 bits per heavy atom. The van der Waals surface area contributed by atoms with Crippen LogP contribution in [0.3, 0.4) is 0 Å². The van der Waals surface area contributed by atoms with Gasteiger partial charge in [-0.1, -0.05) is 6.07 Å². The molecule has 0 aromatic carbocycles. The predicted octanol–water partition coefficient (Wildman–Crippen LogP) is 2.94. The number of aryl methyl sites for hydroxylation is 1. The summed E-state index contributed by atoms with van der Waals surface area (Å²) in [5, 5.41) is 4.59. The van der Waals surface area contributed by atoms with Gasteiger partial charge in [-0.2, -0.15) is 0 Å². The molecule has 0 saturated heterocycles. The van der Waals surface area contributed by atoms with Crippen molar-refractivity contribution in [2.45, 2.75) is 26.3 Å². The summed E-state index contributed by atoms with van der Waals surface area (Å²) in [5.41, 5.74) is 0. The van der Waals surface area contributed by atoms with E-state index in [0.29, 0.717) is 11.4 Å². The monoisotopic (exact) mass is 351 g/mol. The van der Waals surface area contributed by atoms with Crippen molar-refractivity contribution < 1.29 is 19.1 Å². The van der Waals surface area contributed by atoms with Gasteiger partial charge in [0, 0.05) is 16.2 Å². The largest absolute Gasteiger partial charge is 0.456 e. The third-order valence-corrected chi connectivity index (χ3v) is 4.89. The summed E-state index contributed by atoms with van der Waals surface area (Å²) in [6.45, 7) is 2.02. The van der Waals surface area contributed by atoms with E-state index < -0.39 is 5.97 Å². The molecule has 5 nitrogen and oxygen atoms in total. The number of amides is 1. The Hall–Kier alpha value is -1.99. The van der Waals surface area contributed by atoms with Crippen LogP contribution in [0.1, 0.15) is 32.3 Å². The van der Waals surface area contributed by atoms with Crippen molar-refractivity contribution >= 4 is 40.3 Å². The molecule has 0 atom stereocenters. The van der Waals surface area contributed by atoms with Crippen molar-refractivity contribution in [3.8, 4) is 0 Å². The summed E-state index contributed by atoms with van der Waals surface area (Å²) < 4.78 is 4.87. The Morgan fingerprint density at radius 1 is 1.17 bits per heavy atom. The minimum atomic E-state index is -0.544. The van der Waals surface area contributed by atoms with Gasteiger partial charge in [0.15, 0.2) is 12.4 Å². The van der Waals surface area contributed by atoms with Crippen molar-refractivity contribution in [2.24, 2.45) is 0 Å². The van der Waals surface area contributed by atoms with Gasteiger partial charge >= 0.3 is 5.97 Å². The SMILES string of the molecule is Cc1ccc(C(=O)CCC(=O)OCC(=O)NCc2cccs2)s1. The molecular weight excluding hydrogens is 334 g/mol. The van der Waals surface area contributed by atoms with Gasteiger partial charge in [-0.15, -0.1) is 22.7 Å². The zero-order valence-corrected chi connectivity index (χ0v) is 14.3. The maximum atomic E-state index is 11.9. The number of hydrogen-bond acceptors (Lipinski definition) is 6. The molecule has 2 heterocycles. The lowest BCUT2D eigenvalue weighted by Gasteiger charge is -2.05. The van der Waals surface area contributed by atoms with E-state index in [9.17, 15) is 14.4 Å². The molecule has 0 bridgehead atoms. The Bertz CT molecular complexity index is 676. The third kappa shape index (κ3) is 5.96. The van der Waals surface area contributed by atoms with E-state index in [0.717, 1.165) is 9.75 Å². The lowest BCUT2D eigenvalue weighted by Crippen LogP contribution is -2.28. The van der Waals surface area contributed by atoms with Crippen molar-refractivity contribution in [3.05, 3.63) is 44.3 Å². The standard InChI is InChI=1S/C16H17NO4S2/c1-11-4-6-14(23-11)13(18)5-7-16(20)21-10-15(19)17-9-12-3-2-8-22-12/h2-4,6,8H,5,7,9-10H2,1H3,(H,17,19). The van der Waals surface area contributed by atoms with E-state index in [-0.39, 0.29) is 31.1 Å². The van der Waals surface area contributed by atoms with E-state index in [1.54, 1.807) is 17.4 Å². The molecule has 1 amide bonds. The van der Waals surface area contributed by atoms with Crippen LogP contribution in [0.25, 0.3) is 0 Å². The van der Waals surface area contributed by atoms with E-state index in [1.165, 1.54) is 11.3 Å². The number of carbonyl (C=O) groups excluding carboxylic acids is 3. The van der Waals surface area contributed by atoms with Crippen molar-refractivity contribution in [1.29, 1.82) is 0 Å². The topological polar surface area (TPSA) is 72.5 Å². The van der Waals surface area contributed by atoms with Crippen LogP contribution in [0.5, 0.6) is 0 Å². The molecule has 0 aliphatic heterocycles. The number of Topliss-reactive ketones (excluding diaryl/α,β-unsaturated/α-hetero) is 1. The Balaban J connectivity index is 1.62. The van der Waals surface area contributed by atoms with Crippen LogP contribution < -0.4 is 5.32 Å². The van der Waals surface area contributed by atoms with Gasteiger partial charge in [-0.05, 0) is 30.5 Å². The maximum absolute atomic E-state index is 11.9. The van der Waals surface area contributed by atoms with Gasteiger partial charge in [0.2, 0.25) is 0 Å². The molecule has 0 aliphatic rings. The van der Waals surface area contributed by atoms with Crippen molar-refractivity contribution in [1.82, 2.24) is 5.32 Å². The molecule has 0 radical (unpaired) electrons. The van der Waals surface area contributed by atoms with Crippen LogP contribution in [-0.4, -0.2) is 24.3 Å². The third-order valence-electron chi connectivity index (χ3n) is 2.98. The van der Waals surface area contributed by atoms with Gasteiger partial charge in [0.05, 0.1) is 17.8 Å². The molecule has 0 spiro atoms. The smallest absolute Gasteiger partial charge is 0.306 e. The van der Waals surface area contributed by atoms with Gasteiger partial charge in [0.1, 0.15) is 0 Å². The zero-order valence-electron chi connectivity index (χ0n) is 12.7. The quantitative estimate of drug-likeness (QED) is 0.586. The van der Waals surface area contributed by atoms with Crippen molar-refractivity contribution in [3.63, 3.8) is 0 Å². The van der Waals surface area contributed by atoms with Crippen LogP contribution in [0.15, 0.2) is 29.6 Å². The van der Waals surface area contributed by atoms with Crippen LogP contribution >= 0.6 is 22.7 Å². The minimum absolute atomic E-state index is 0.0199. The van der Waals surface area contributed by atoms with Gasteiger partial charge in [-0.3, -0.25) is 14.4 Å². The molecule has 23 heavy (non-hydrogen) atoms. The normalized spacial score (nSPS) is 10.3. The first-order valence-corrected chi connectivity index (χ1v) is 8.78. The molecule has 122 valence electrons. The summed E-state index contributed by atoms with van der Waals surface area (Å²) in [6.07, 6.45) is 0.0730. The highest BCUT2D eigenvalue weighted by atomic mass is 32.1. The minimum Gasteiger partial charge on any atom is -0.456 e. The van der Waals surface area contributed by atoms with Gasteiger partial charge in [0.25, 0.3) is 5.91 Å². The number of ketones is 1. The zero-order chi connectivity index (χ0) is 16.7. The fourth-order valence-electron chi connectivity index (χ4n) is 1.79. The molecule has 0 unspecified atom stereocenters. The Morgan fingerprint density at radius 2 is 2.00 bits per heavy atom. The number of hydrogen-bond donors (Lipinski definition) is 1. The fraction of sp³-hybridized carbons (Fsp3) is 0.312. The van der Waals surface area contributed by atoms with Crippen LogP contribution in [-0.2, 0) is 20.9 Å². The molecule has 1 N–H and O–H groups in total. The summed E-state index contributed by atoms with van der Waals surface area (Å²) in [7, 11) is 0. The number of esters is 1. The highest BCUT2D eigenvalue weighted by molar-refractivity contribution is 7.14. The second kappa shape index (κ2) is 8.59. The van der Waals surface area contributed by atoms with Gasteiger partial charge in [-0.25, -0.2) is 0 Å². The first-order chi connectivity index (χ1) is 11.0. The van der Waals surface area contributed by atoms with E-state index in [4.69, 9.17) is 4.74 Å². The highest BCUT2D eigenvalue weighted by Crippen LogP contribution is 2.17. The maximum Gasteiger partial charge on any atom is 0.306 e. The van der Waals surface area contributed by atoms with Gasteiger partial charge < -0.3 is 10.1 Å². The fourth-order valence-corrected chi connectivity index (χ4v) is 3.27. The van der Waals surface area contributed by atoms with E-state index >= 15 is 0 Å². The highest BCUT2D eigenvalue weighted by Gasteiger charge is 2.13. The lowest BCUT2D eigenvalue weighted by atomic mass is 10.2. The van der Waals surface area contributed by atoms with Crippen LogP contribution in [0.4, 0.5) is 0 Å². The average molecular weight is 351 g/mol. The number of carbonyl (C=O) groups is 3. The van der Waals surface area contributed by atoms with E-state index in [1.807, 2.05) is 30.5 Å². The molecule has 0 saturated carbocycles. The van der Waals surface area contributed by atoms with Crippen LogP contribution in [0.2, 0.25) is 0 Å². The average Bonchev–Trinajstić information content (AvgIpc) is 3.19. The number of thiophene rings is 2. The van der Waals surface area contributed by atoms with Crippen molar-refractivity contribution in [2.75, 3.05) is 6.61 Å². The summed E-state index contributed by atoms with van der Waals surface area (Å²) in [6, 6.07) is 7.44. The Kier molecular flexibility index (Phi) is 6.49. The Labute approximate surface area is 142 Å². The van der Waals surface area contributed by atoms with E-state index in [2.05, 4.69) is 5.32 Å². The summed E-state index contributed by atoms with van der Waals surface area (Å²) in [4.78, 5) is 37.7. The lowest BCUT2D eigenvalue weighted by molar-refractivity contribution is -0.148. The molecular formula is C16H17NO4S2. The molecule has 2 aromatic heterocycles. The first kappa shape index (κ1) is 17.4. The number of nitrogens with one attached hydrogen (secondary N) is 1. The predicted molar refractivity (Wildman–Crippen MR) is 89.7 cm³/mol. The number of ether oxygens (including phenoxy) is 1. The first-order valence-electron chi connectivity index (χ1n) is 7.09. The number of rotatable bonds is 8. The molecule has 2 rings (SSSR count). The van der Waals surface area contributed by atoms with Crippen LogP contribution in [0, 0.1) is 6.92 Å². The molecule has 2 aromatic rings. The summed E-state index contributed by atoms with van der Waals surface area (Å²) >= 11 is 2.95. The summed E-state index contributed by atoms with van der Waals surface area (Å²) in [5.74, 6) is -0.980. The second-order valence-corrected chi connectivity index (χ2v) is 7.17. The molecule has 0 aliphatic carbocycles. The second-order valence-electron chi connectivity index (χ2n) is 4.85. The molecule has 0 fully saturated rings.